The van der Waals surface area contributed by atoms with Crippen molar-refractivity contribution in [3.8, 4) is 0 Å². The van der Waals surface area contributed by atoms with Gasteiger partial charge in [0.05, 0.1) is 24.1 Å². The zero-order valence-electron chi connectivity index (χ0n) is 10.5. The number of nitrogens with two attached hydrogens (primary N) is 1. The van der Waals surface area contributed by atoms with Gasteiger partial charge in [0.1, 0.15) is 10.7 Å². The van der Waals surface area contributed by atoms with Crippen LogP contribution in [0.4, 0.5) is 5.82 Å². The zero-order valence-corrected chi connectivity index (χ0v) is 12.9. The van der Waals surface area contributed by atoms with E-state index in [0.29, 0.717) is 10.2 Å². The number of aromatic nitrogens is 3. The summed E-state index contributed by atoms with van der Waals surface area (Å²) in [5, 5.41) is 0. The van der Waals surface area contributed by atoms with Gasteiger partial charge in [-0.15, -0.1) is 0 Å². The van der Waals surface area contributed by atoms with Crippen molar-refractivity contribution < 1.29 is 8.42 Å². The molecule has 9 heteroatoms. The summed E-state index contributed by atoms with van der Waals surface area (Å²) in [6, 6.07) is 1.39. The van der Waals surface area contributed by atoms with Crippen LogP contribution in [-0.2, 0) is 16.6 Å². The number of hydrogen-bond donors (Lipinski definition) is 2. The van der Waals surface area contributed by atoms with Crippen molar-refractivity contribution in [1.29, 1.82) is 0 Å². The molecule has 3 N–H and O–H groups in total. The van der Waals surface area contributed by atoms with E-state index in [1.54, 1.807) is 13.1 Å². The molecule has 0 aliphatic carbocycles. The molecule has 0 spiro atoms. The van der Waals surface area contributed by atoms with Crippen LogP contribution in [0, 0.1) is 6.92 Å². The van der Waals surface area contributed by atoms with Gasteiger partial charge in [-0.3, -0.25) is 9.97 Å². The number of nitrogens with one attached hydrogen (secondary N) is 1. The minimum absolute atomic E-state index is 0.0293. The van der Waals surface area contributed by atoms with E-state index >= 15 is 0 Å². The first-order valence-electron chi connectivity index (χ1n) is 5.57. The van der Waals surface area contributed by atoms with Crippen LogP contribution in [0.2, 0.25) is 0 Å². The summed E-state index contributed by atoms with van der Waals surface area (Å²) in [6.07, 6.45) is 4.51. The maximum Gasteiger partial charge on any atom is 0.244 e. The van der Waals surface area contributed by atoms with Crippen LogP contribution in [-0.4, -0.2) is 23.4 Å². The van der Waals surface area contributed by atoms with Crippen LogP contribution in [0.15, 0.2) is 34.0 Å². The lowest BCUT2D eigenvalue weighted by atomic mass is 10.4. The maximum absolute atomic E-state index is 12.1. The van der Waals surface area contributed by atoms with Crippen molar-refractivity contribution in [3.63, 3.8) is 0 Å². The Morgan fingerprint density at radius 3 is 2.65 bits per heavy atom. The summed E-state index contributed by atoms with van der Waals surface area (Å²) >= 11 is 3.16. The van der Waals surface area contributed by atoms with Crippen LogP contribution >= 0.6 is 15.9 Å². The predicted molar refractivity (Wildman–Crippen MR) is 77.1 cm³/mol. The van der Waals surface area contributed by atoms with Gasteiger partial charge in [0, 0.05) is 16.9 Å². The summed E-state index contributed by atoms with van der Waals surface area (Å²) in [5.41, 5.74) is 6.86. The van der Waals surface area contributed by atoms with Crippen molar-refractivity contribution in [1.82, 2.24) is 19.7 Å². The molecule has 0 radical (unpaired) electrons. The van der Waals surface area contributed by atoms with Crippen LogP contribution in [0.3, 0.4) is 0 Å². The van der Waals surface area contributed by atoms with Gasteiger partial charge in [0.15, 0.2) is 0 Å². The number of anilines is 1. The Morgan fingerprint density at radius 2 is 2.00 bits per heavy atom. The van der Waals surface area contributed by atoms with Crippen LogP contribution in [0.25, 0.3) is 0 Å². The Morgan fingerprint density at radius 1 is 1.25 bits per heavy atom. The average Bonchev–Trinajstić information content (AvgIpc) is 2.41. The van der Waals surface area contributed by atoms with Gasteiger partial charge in [0.25, 0.3) is 0 Å². The number of aryl methyl sites for hydroxylation is 1. The molecule has 0 saturated carbocycles. The molecule has 0 saturated heterocycles. The number of sulfonamides is 1. The third-order valence-electron chi connectivity index (χ3n) is 2.42. The Hall–Kier alpha value is -1.58. The van der Waals surface area contributed by atoms with Crippen molar-refractivity contribution in [2.24, 2.45) is 0 Å². The Labute approximate surface area is 124 Å². The second kappa shape index (κ2) is 5.81. The Balaban J connectivity index is 2.19. The fraction of sp³-hybridized carbons (Fsp3) is 0.182. The number of hydrogen-bond acceptors (Lipinski definition) is 6. The number of nitrogen functional groups attached to an aromatic ring is 1. The Kier molecular flexibility index (Phi) is 4.31. The van der Waals surface area contributed by atoms with E-state index in [-0.39, 0.29) is 17.3 Å². The fourth-order valence-electron chi connectivity index (χ4n) is 1.40. The number of nitrogens with zero attached hydrogens (tertiary/aromatic N) is 3. The highest BCUT2D eigenvalue weighted by atomic mass is 79.9. The van der Waals surface area contributed by atoms with Crippen molar-refractivity contribution >= 4 is 31.8 Å². The molecule has 2 aromatic rings. The standard InChI is InChI=1S/C11H12BrN5O2S/c1-7-3-15-9(5-14-7)6-17-20(18,19)10-2-8(12)4-16-11(10)13/h2-5,17H,6H2,1H3,(H2,13,16). The number of halogens is 1. The molecule has 0 aromatic carbocycles. The topological polar surface area (TPSA) is 111 Å². The minimum atomic E-state index is -3.76. The molecule has 0 atom stereocenters. The molecule has 7 nitrogen and oxygen atoms in total. The van der Waals surface area contributed by atoms with Crippen molar-refractivity contribution in [3.05, 3.63) is 40.5 Å². The second-order valence-electron chi connectivity index (χ2n) is 4.01. The molecule has 20 heavy (non-hydrogen) atoms. The summed E-state index contributed by atoms with van der Waals surface area (Å²) in [5.74, 6) is -0.0595. The molecule has 0 aliphatic rings. The number of pyridine rings is 1. The largest absolute Gasteiger partial charge is 0.383 e. The molecule has 2 heterocycles. The molecule has 2 rings (SSSR count). The molecular weight excluding hydrogens is 346 g/mol. The lowest BCUT2D eigenvalue weighted by Gasteiger charge is -2.08. The molecule has 0 bridgehead atoms. The van der Waals surface area contributed by atoms with Crippen LogP contribution in [0.1, 0.15) is 11.4 Å². The van der Waals surface area contributed by atoms with E-state index in [9.17, 15) is 8.42 Å². The van der Waals surface area contributed by atoms with E-state index in [1.165, 1.54) is 18.5 Å². The van der Waals surface area contributed by atoms with Gasteiger partial charge >= 0.3 is 0 Å². The highest BCUT2D eigenvalue weighted by Gasteiger charge is 2.18. The zero-order chi connectivity index (χ0) is 14.8. The third-order valence-corrected chi connectivity index (χ3v) is 4.28. The predicted octanol–water partition coefficient (Wildman–Crippen LogP) is 1.00. The van der Waals surface area contributed by atoms with E-state index in [1.807, 2.05) is 0 Å². The highest BCUT2D eigenvalue weighted by Crippen LogP contribution is 2.20. The first-order valence-corrected chi connectivity index (χ1v) is 7.84. The first kappa shape index (κ1) is 14.8. The summed E-state index contributed by atoms with van der Waals surface area (Å²) in [6.45, 7) is 1.83. The lowest BCUT2D eigenvalue weighted by Crippen LogP contribution is -2.25. The fourth-order valence-corrected chi connectivity index (χ4v) is 2.99. The van der Waals surface area contributed by atoms with Crippen molar-refractivity contribution in [2.45, 2.75) is 18.4 Å². The molecule has 0 unspecified atom stereocenters. The summed E-state index contributed by atoms with van der Waals surface area (Å²) in [4.78, 5) is 11.8. The third kappa shape index (κ3) is 3.50. The quantitative estimate of drug-likeness (QED) is 0.844. The maximum atomic E-state index is 12.1. The van der Waals surface area contributed by atoms with E-state index < -0.39 is 10.0 Å². The van der Waals surface area contributed by atoms with E-state index in [4.69, 9.17) is 5.73 Å². The normalized spacial score (nSPS) is 11.5. The first-order chi connectivity index (χ1) is 9.38. The summed E-state index contributed by atoms with van der Waals surface area (Å²) in [7, 11) is -3.76. The minimum Gasteiger partial charge on any atom is -0.383 e. The monoisotopic (exact) mass is 357 g/mol. The van der Waals surface area contributed by atoms with Gasteiger partial charge in [-0.2, -0.15) is 0 Å². The lowest BCUT2D eigenvalue weighted by molar-refractivity contribution is 0.580. The molecular formula is C11H12BrN5O2S. The molecule has 0 fully saturated rings. The SMILES string of the molecule is Cc1cnc(CNS(=O)(=O)c2cc(Br)cnc2N)cn1. The number of rotatable bonds is 4. The van der Waals surface area contributed by atoms with E-state index in [2.05, 4.69) is 35.6 Å². The smallest absolute Gasteiger partial charge is 0.244 e. The van der Waals surface area contributed by atoms with Gasteiger partial charge in [-0.1, -0.05) is 0 Å². The van der Waals surface area contributed by atoms with Gasteiger partial charge in [-0.05, 0) is 28.9 Å². The molecule has 0 aliphatic heterocycles. The highest BCUT2D eigenvalue weighted by molar-refractivity contribution is 9.10. The molecule has 2 aromatic heterocycles. The van der Waals surface area contributed by atoms with Crippen LogP contribution in [0.5, 0.6) is 0 Å². The van der Waals surface area contributed by atoms with Crippen molar-refractivity contribution in [2.75, 3.05) is 5.73 Å². The van der Waals surface area contributed by atoms with Gasteiger partial charge in [0.2, 0.25) is 10.0 Å². The average molecular weight is 358 g/mol. The molecule has 106 valence electrons. The van der Waals surface area contributed by atoms with Gasteiger partial charge in [-0.25, -0.2) is 18.1 Å². The summed E-state index contributed by atoms with van der Waals surface area (Å²) < 4.78 is 27.2. The molecule has 0 amide bonds. The van der Waals surface area contributed by atoms with Gasteiger partial charge < -0.3 is 5.73 Å². The van der Waals surface area contributed by atoms with E-state index in [0.717, 1.165) is 5.69 Å². The van der Waals surface area contributed by atoms with Crippen LogP contribution < -0.4 is 10.5 Å². The Bertz CT molecular complexity index is 718. The second-order valence-corrected chi connectivity index (χ2v) is 6.66.